The van der Waals surface area contributed by atoms with Crippen LogP contribution in [0.15, 0.2) is 36.4 Å². The van der Waals surface area contributed by atoms with Crippen LogP contribution in [0.1, 0.15) is 28.3 Å². The summed E-state index contributed by atoms with van der Waals surface area (Å²) in [6.45, 7) is 1.12. The molecule has 0 spiro atoms. The predicted octanol–water partition coefficient (Wildman–Crippen LogP) is 3.31. The van der Waals surface area contributed by atoms with Gasteiger partial charge in [0.2, 0.25) is 0 Å². The molecule has 98 valence electrons. The molecule has 1 heterocycles. The van der Waals surface area contributed by atoms with Gasteiger partial charge >= 0.3 is 0 Å². The third-order valence-corrected chi connectivity index (χ3v) is 4.75. The summed E-state index contributed by atoms with van der Waals surface area (Å²) in [5.41, 5.74) is 7.48. The molecule has 0 aromatic heterocycles. The number of nitrogens with zero attached hydrogens (tertiary/aromatic N) is 2. The summed E-state index contributed by atoms with van der Waals surface area (Å²) in [5, 5.41) is 9.42. The number of fused-ring (bicyclic) bond motifs is 2. The highest BCUT2D eigenvalue weighted by Crippen LogP contribution is 2.45. The van der Waals surface area contributed by atoms with Crippen LogP contribution in [0.3, 0.4) is 0 Å². The molecule has 2 aromatic carbocycles. The van der Waals surface area contributed by atoms with Crippen LogP contribution in [0.2, 0.25) is 0 Å². The van der Waals surface area contributed by atoms with Gasteiger partial charge in [0, 0.05) is 18.2 Å². The molecule has 1 atom stereocenters. The first-order valence-electron chi connectivity index (χ1n) is 7.14. The van der Waals surface area contributed by atoms with E-state index in [2.05, 4.69) is 42.3 Å². The Labute approximate surface area is 119 Å². The van der Waals surface area contributed by atoms with Crippen LogP contribution in [0.5, 0.6) is 0 Å². The molecule has 0 saturated heterocycles. The summed E-state index contributed by atoms with van der Waals surface area (Å²) in [6.07, 6.45) is 2.13. The second-order valence-corrected chi connectivity index (χ2v) is 5.78. The lowest BCUT2D eigenvalue weighted by atomic mass is 9.76. The molecule has 2 nitrogen and oxygen atoms in total. The van der Waals surface area contributed by atoms with E-state index in [0.29, 0.717) is 6.04 Å². The maximum Gasteiger partial charge on any atom is 0.0998 e. The normalized spacial score (nSPS) is 19.9. The molecule has 1 aliphatic carbocycles. The largest absolute Gasteiger partial charge is 0.299 e. The molecule has 0 radical (unpaired) electrons. The summed E-state index contributed by atoms with van der Waals surface area (Å²) in [4.78, 5) is 2.45. The van der Waals surface area contributed by atoms with Crippen molar-refractivity contribution in [3.05, 3.63) is 58.7 Å². The van der Waals surface area contributed by atoms with E-state index in [4.69, 9.17) is 0 Å². The van der Waals surface area contributed by atoms with Gasteiger partial charge in [-0.25, -0.2) is 0 Å². The maximum absolute atomic E-state index is 9.42. The molecule has 2 heteroatoms. The van der Waals surface area contributed by atoms with Gasteiger partial charge in [-0.05, 0) is 48.2 Å². The molecule has 4 rings (SSSR count). The highest BCUT2D eigenvalue weighted by atomic mass is 15.1. The number of rotatable bonds is 0. The Balaban J connectivity index is 2.06. The second-order valence-electron chi connectivity index (χ2n) is 5.78. The number of benzene rings is 2. The zero-order valence-corrected chi connectivity index (χ0v) is 11.6. The SMILES string of the molecule is CN1CCc2cccc3c2C1Cc1cccc(C#N)c1-3. The molecule has 1 aliphatic heterocycles. The molecule has 1 unspecified atom stereocenters. The van der Waals surface area contributed by atoms with E-state index in [1.165, 1.54) is 27.8 Å². The Kier molecular flexibility index (Phi) is 2.45. The molecule has 2 aromatic rings. The van der Waals surface area contributed by atoms with Crippen molar-refractivity contribution >= 4 is 0 Å². The predicted molar refractivity (Wildman–Crippen MR) is 79.4 cm³/mol. The number of hydrogen-bond acceptors (Lipinski definition) is 2. The Morgan fingerprint density at radius 2 is 1.95 bits per heavy atom. The van der Waals surface area contributed by atoms with Gasteiger partial charge in [-0.2, -0.15) is 5.26 Å². The first-order valence-corrected chi connectivity index (χ1v) is 7.14. The van der Waals surface area contributed by atoms with Crippen molar-refractivity contribution in [1.29, 1.82) is 5.26 Å². The quantitative estimate of drug-likeness (QED) is 0.726. The topological polar surface area (TPSA) is 27.0 Å². The van der Waals surface area contributed by atoms with Crippen LogP contribution < -0.4 is 0 Å². The maximum atomic E-state index is 9.42. The van der Waals surface area contributed by atoms with Crippen LogP contribution in [0.25, 0.3) is 11.1 Å². The van der Waals surface area contributed by atoms with Gasteiger partial charge in [-0.15, -0.1) is 0 Å². The lowest BCUT2D eigenvalue weighted by molar-refractivity contribution is 0.228. The van der Waals surface area contributed by atoms with Crippen LogP contribution in [0.4, 0.5) is 0 Å². The minimum absolute atomic E-state index is 0.469. The van der Waals surface area contributed by atoms with E-state index in [9.17, 15) is 5.26 Å². The lowest BCUT2D eigenvalue weighted by Gasteiger charge is -2.39. The molecule has 2 aliphatic rings. The Morgan fingerprint density at radius 1 is 1.15 bits per heavy atom. The fourth-order valence-corrected chi connectivity index (χ4v) is 3.76. The highest BCUT2D eigenvalue weighted by Gasteiger charge is 2.33. The van der Waals surface area contributed by atoms with Crippen LogP contribution >= 0.6 is 0 Å². The Bertz CT molecular complexity index is 740. The van der Waals surface area contributed by atoms with Gasteiger partial charge in [0.25, 0.3) is 0 Å². The van der Waals surface area contributed by atoms with Gasteiger partial charge in [0.15, 0.2) is 0 Å². The Hall–Kier alpha value is -2.11. The van der Waals surface area contributed by atoms with Gasteiger partial charge in [-0.3, -0.25) is 4.90 Å². The van der Waals surface area contributed by atoms with Gasteiger partial charge in [-0.1, -0.05) is 30.3 Å². The van der Waals surface area contributed by atoms with E-state index in [1.807, 2.05) is 12.1 Å². The smallest absolute Gasteiger partial charge is 0.0998 e. The van der Waals surface area contributed by atoms with E-state index < -0.39 is 0 Å². The summed E-state index contributed by atoms with van der Waals surface area (Å²) in [7, 11) is 2.21. The van der Waals surface area contributed by atoms with Crippen molar-refractivity contribution in [3.63, 3.8) is 0 Å². The molecule has 0 bridgehead atoms. The van der Waals surface area contributed by atoms with Gasteiger partial charge in [0.05, 0.1) is 11.6 Å². The third-order valence-electron chi connectivity index (χ3n) is 4.75. The minimum atomic E-state index is 0.469. The molecular formula is C18H16N2. The van der Waals surface area contributed by atoms with Crippen molar-refractivity contribution in [2.75, 3.05) is 13.6 Å². The van der Waals surface area contributed by atoms with Crippen molar-refractivity contribution in [3.8, 4) is 17.2 Å². The Morgan fingerprint density at radius 3 is 2.80 bits per heavy atom. The molecule has 0 fully saturated rings. The summed E-state index contributed by atoms with van der Waals surface area (Å²) in [5.74, 6) is 0. The van der Waals surface area contributed by atoms with Crippen molar-refractivity contribution < 1.29 is 0 Å². The van der Waals surface area contributed by atoms with Crippen LogP contribution in [0, 0.1) is 11.3 Å². The monoisotopic (exact) mass is 260 g/mol. The lowest BCUT2D eigenvalue weighted by Crippen LogP contribution is -2.35. The third kappa shape index (κ3) is 1.47. The summed E-state index contributed by atoms with van der Waals surface area (Å²) < 4.78 is 0. The average Bonchev–Trinajstić information content (AvgIpc) is 2.50. The first kappa shape index (κ1) is 11.7. The van der Waals surface area contributed by atoms with Gasteiger partial charge in [0.1, 0.15) is 0 Å². The van der Waals surface area contributed by atoms with Crippen molar-refractivity contribution in [2.24, 2.45) is 0 Å². The summed E-state index contributed by atoms with van der Waals surface area (Å²) in [6, 6.07) is 15.5. The van der Waals surface area contributed by atoms with E-state index in [1.54, 1.807) is 0 Å². The molecule has 0 saturated carbocycles. The molecular weight excluding hydrogens is 244 g/mol. The van der Waals surface area contributed by atoms with Crippen LogP contribution in [-0.4, -0.2) is 18.5 Å². The minimum Gasteiger partial charge on any atom is -0.299 e. The van der Waals surface area contributed by atoms with E-state index in [0.717, 1.165) is 24.9 Å². The zero-order valence-electron chi connectivity index (χ0n) is 11.6. The average molecular weight is 260 g/mol. The fraction of sp³-hybridized carbons (Fsp3) is 0.278. The molecule has 20 heavy (non-hydrogen) atoms. The number of likely N-dealkylation sites (N-methyl/N-ethyl adjacent to an activating group) is 1. The number of nitriles is 1. The summed E-state index contributed by atoms with van der Waals surface area (Å²) >= 11 is 0. The zero-order chi connectivity index (χ0) is 13.7. The van der Waals surface area contributed by atoms with Crippen molar-refractivity contribution in [1.82, 2.24) is 4.90 Å². The van der Waals surface area contributed by atoms with E-state index in [-0.39, 0.29) is 0 Å². The van der Waals surface area contributed by atoms with Crippen LogP contribution in [-0.2, 0) is 12.8 Å². The van der Waals surface area contributed by atoms with Gasteiger partial charge < -0.3 is 0 Å². The van der Waals surface area contributed by atoms with Crippen molar-refractivity contribution in [2.45, 2.75) is 18.9 Å². The standard InChI is InChI=1S/C18H16N2/c1-20-9-8-12-4-3-7-15-17-13(10-16(20)18(12)15)5-2-6-14(17)11-19/h2-7,16H,8-10H2,1H3. The highest BCUT2D eigenvalue weighted by molar-refractivity contribution is 5.80. The first-order chi connectivity index (χ1) is 9.79. The molecule has 0 amide bonds. The number of hydrogen-bond donors (Lipinski definition) is 0. The fourth-order valence-electron chi connectivity index (χ4n) is 3.76. The van der Waals surface area contributed by atoms with E-state index >= 15 is 0 Å². The molecule has 0 N–H and O–H groups in total. The second kappa shape index (κ2) is 4.19.